The highest BCUT2D eigenvalue weighted by atomic mass is 35.5. The van der Waals surface area contributed by atoms with E-state index in [0.29, 0.717) is 22.1 Å². The average molecular weight is 357 g/mol. The predicted octanol–water partition coefficient (Wildman–Crippen LogP) is 4.45. The van der Waals surface area contributed by atoms with E-state index in [1.807, 2.05) is 30.3 Å². The zero-order valence-electron chi connectivity index (χ0n) is 13.5. The number of rotatable bonds is 5. The maximum absolute atomic E-state index is 11.0. The summed E-state index contributed by atoms with van der Waals surface area (Å²) in [4.78, 5) is 13.1. The summed E-state index contributed by atoms with van der Waals surface area (Å²) in [7, 11) is 0. The Labute approximate surface area is 151 Å². The number of aliphatic carboxylic acids is 1. The van der Waals surface area contributed by atoms with E-state index in [1.54, 1.807) is 18.2 Å². The van der Waals surface area contributed by atoms with E-state index < -0.39 is 5.97 Å². The second-order valence-electron chi connectivity index (χ2n) is 5.94. The zero-order chi connectivity index (χ0) is 17.8. The Morgan fingerprint density at radius 3 is 2.72 bits per heavy atom. The lowest BCUT2D eigenvalue weighted by Gasteiger charge is -2.25. The van der Waals surface area contributed by atoms with E-state index in [0.717, 1.165) is 25.1 Å². The van der Waals surface area contributed by atoms with E-state index in [-0.39, 0.29) is 12.5 Å². The Morgan fingerprint density at radius 1 is 1.32 bits per heavy atom. The van der Waals surface area contributed by atoms with Crippen LogP contribution in [0.25, 0.3) is 0 Å². The lowest BCUT2D eigenvalue weighted by atomic mass is 10.1. The Balaban J connectivity index is 1.72. The van der Waals surface area contributed by atoms with Crippen LogP contribution in [0, 0.1) is 11.3 Å². The van der Waals surface area contributed by atoms with Crippen molar-refractivity contribution in [1.29, 1.82) is 5.26 Å². The van der Waals surface area contributed by atoms with E-state index in [4.69, 9.17) is 26.7 Å². The number of carbonyl (C=O) groups is 1. The number of nitrogens with zero attached hydrogens (tertiary/aromatic N) is 2. The molecule has 1 atom stereocenters. The molecule has 3 rings (SSSR count). The van der Waals surface area contributed by atoms with Crippen LogP contribution >= 0.6 is 11.6 Å². The molecule has 128 valence electrons. The second-order valence-corrected chi connectivity index (χ2v) is 6.35. The minimum atomic E-state index is -0.771. The SMILES string of the molecule is N#Cc1ccc(Oc2ccc(N3CCCC3CC(=O)O)cc2)c(Cl)c1. The Morgan fingerprint density at radius 2 is 2.08 bits per heavy atom. The van der Waals surface area contributed by atoms with Gasteiger partial charge in [-0.15, -0.1) is 0 Å². The van der Waals surface area contributed by atoms with Crippen molar-refractivity contribution in [3.63, 3.8) is 0 Å². The van der Waals surface area contributed by atoms with Gasteiger partial charge in [-0.1, -0.05) is 11.6 Å². The molecule has 0 amide bonds. The topological polar surface area (TPSA) is 73.6 Å². The molecule has 1 aliphatic rings. The maximum Gasteiger partial charge on any atom is 0.305 e. The molecule has 2 aromatic rings. The fourth-order valence-corrected chi connectivity index (χ4v) is 3.29. The number of benzene rings is 2. The van der Waals surface area contributed by atoms with Crippen LogP contribution in [0.3, 0.4) is 0 Å². The minimum absolute atomic E-state index is 0.0391. The van der Waals surface area contributed by atoms with Crippen LogP contribution < -0.4 is 9.64 Å². The molecular formula is C19H17ClN2O3. The summed E-state index contributed by atoms with van der Waals surface area (Å²) >= 11 is 6.12. The molecule has 0 saturated carbocycles. The second kappa shape index (κ2) is 7.45. The highest BCUT2D eigenvalue weighted by Gasteiger charge is 2.26. The van der Waals surface area contributed by atoms with Gasteiger partial charge in [-0.05, 0) is 55.3 Å². The van der Waals surface area contributed by atoms with Crippen LogP contribution in [-0.4, -0.2) is 23.7 Å². The summed E-state index contributed by atoms with van der Waals surface area (Å²) in [6, 6.07) is 14.5. The van der Waals surface area contributed by atoms with Crippen molar-refractivity contribution in [2.45, 2.75) is 25.3 Å². The molecule has 2 aromatic carbocycles. The van der Waals surface area contributed by atoms with Crippen molar-refractivity contribution >= 4 is 23.3 Å². The molecule has 5 nitrogen and oxygen atoms in total. The van der Waals surface area contributed by atoms with Gasteiger partial charge in [-0.25, -0.2) is 0 Å². The molecule has 6 heteroatoms. The van der Waals surface area contributed by atoms with Gasteiger partial charge in [0.2, 0.25) is 0 Å². The van der Waals surface area contributed by atoms with E-state index in [1.165, 1.54) is 0 Å². The van der Waals surface area contributed by atoms with E-state index in [2.05, 4.69) is 4.90 Å². The van der Waals surface area contributed by atoms with Crippen molar-refractivity contribution in [3.8, 4) is 17.6 Å². The molecule has 1 saturated heterocycles. The predicted molar refractivity (Wildman–Crippen MR) is 95.3 cm³/mol. The lowest BCUT2D eigenvalue weighted by molar-refractivity contribution is -0.137. The quantitative estimate of drug-likeness (QED) is 0.856. The van der Waals surface area contributed by atoms with Gasteiger partial charge in [0.1, 0.15) is 11.5 Å². The lowest BCUT2D eigenvalue weighted by Crippen LogP contribution is -2.31. The summed E-state index contributed by atoms with van der Waals surface area (Å²) < 4.78 is 5.76. The number of nitriles is 1. The zero-order valence-corrected chi connectivity index (χ0v) is 14.2. The largest absolute Gasteiger partial charge is 0.481 e. The highest BCUT2D eigenvalue weighted by Crippen LogP contribution is 2.33. The minimum Gasteiger partial charge on any atom is -0.481 e. The van der Waals surface area contributed by atoms with Gasteiger partial charge in [0.15, 0.2) is 0 Å². The number of hydrogen-bond donors (Lipinski definition) is 1. The van der Waals surface area contributed by atoms with Gasteiger partial charge < -0.3 is 14.7 Å². The summed E-state index contributed by atoms with van der Waals surface area (Å²) in [5.41, 5.74) is 1.47. The van der Waals surface area contributed by atoms with E-state index >= 15 is 0 Å². The van der Waals surface area contributed by atoms with Gasteiger partial charge >= 0.3 is 5.97 Å². The van der Waals surface area contributed by atoms with Gasteiger partial charge in [0, 0.05) is 18.3 Å². The first kappa shape index (κ1) is 17.1. The highest BCUT2D eigenvalue weighted by molar-refractivity contribution is 6.32. The fraction of sp³-hybridized carbons (Fsp3) is 0.263. The van der Waals surface area contributed by atoms with Gasteiger partial charge in [0.05, 0.1) is 23.1 Å². The van der Waals surface area contributed by atoms with Crippen molar-refractivity contribution < 1.29 is 14.6 Å². The maximum atomic E-state index is 11.0. The molecule has 0 radical (unpaired) electrons. The van der Waals surface area contributed by atoms with Crippen molar-refractivity contribution in [2.75, 3.05) is 11.4 Å². The standard InChI is InChI=1S/C19H17ClN2O3/c20-17-10-13(12-21)3-8-18(17)25-16-6-4-14(5-7-16)22-9-1-2-15(22)11-19(23)24/h3-8,10,15H,1-2,9,11H2,(H,23,24). The molecule has 1 N–H and O–H groups in total. The molecule has 1 fully saturated rings. The third kappa shape index (κ3) is 4.04. The number of halogens is 1. The molecule has 0 spiro atoms. The molecular weight excluding hydrogens is 340 g/mol. The van der Waals surface area contributed by atoms with Crippen molar-refractivity contribution in [3.05, 3.63) is 53.1 Å². The van der Waals surface area contributed by atoms with Gasteiger partial charge in [0.25, 0.3) is 0 Å². The molecule has 1 aliphatic heterocycles. The van der Waals surface area contributed by atoms with E-state index in [9.17, 15) is 4.79 Å². The number of hydrogen-bond acceptors (Lipinski definition) is 4. The van der Waals surface area contributed by atoms with Gasteiger partial charge in [-0.3, -0.25) is 4.79 Å². The molecule has 25 heavy (non-hydrogen) atoms. The Kier molecular flexibility index (Phi) is 5.11. The molecule has 1 heterocycles. The van der Waals surface area contributed by atoms with Gasteiger partial charge in [-0.2, -0.15) is 5.26 Å². The van der Waals surface area contributed by atoms with Crippen LogP contribution in [0.15, 0.2) is 42.5 Å². The Hall–Kier alpha value is -2.71. The number of carboxylic acids is 1. The normalized spacial score (nSPS) is 16.5. The first-order valence-electron chi connectivity index (χ1n) is 8.03. The number of carboxylic acid groups (broad SMARTS) is 1. The number of anilines is 1. The van der Waals surface area contributed by atoms with Crippen molar-refractivity contribution in [2.24, 2.45) is 0 Å². The fourth-order valence-electron chi connectivity index (χ4n) is 3.08. The third-order valence-electron chi connectivity index (χ3n) is 4.24. The van der Waals surface area contributed by atoms with Crippen LogP contribution in [0.1, 0.15) is 24.8 Å². The molecule has 0 aromatic heterocycles. The smallest absolute Gasteiger partial charge is 0.305 e. The Bertz CT molecular complexity index is 814. The first-order valence-corrected chi connectivity index (χ1v) is 8.40. The van der Waals surface area contributed by atoms with Crippen LogP contribution in [0.2, 0.25) is 5.02 Å². The van der Waals surface area contributed by atoms with Crippen molar-refractivity contribution in [1.82, 2.24) is 0 Å². The molecule has 0 aliphatic carbocycles. The summed E-state index contributed by atoms with van der Waals surface area (Å²) in [5, 5.41) is 18.3. The van der Waals surface area contributed by atoms with Crippen LogP contribution in [0.4, 0.5) is 5.69 Å². The van der Waals surface area contributed by atoms with Crippen LogP contribution in [-0.2, 0) is 4.79 Å². The molecule has 1 unspecified atom stereocenters. The molecule has 0 bridgehead atoms. The third-order valence-corrected chi connectivity index (χ3v) is 4.54. The summed E-state index contributed by atoms with van der Waals surface area (Å²) in [5.74, 6) is 0.343. The first-order chi connectivity index (χ1) is 12.1. The monoisotopic (exact) mass is 356 g/mol. The summed E-state index contributed by atoms with van der Waals surface area (Å²) in [6.45, 7) is 0.861. The summed E-state index contributed by atoms with van der Waals surface area (Å²) in [6.07, 6.45) is 2.04. The number of ether oxygens (including phenoxy) is 1. The average Bonchev–Trinajstić information content (AvgIpc) is 3.04. The van der Waals surface area contributed by atoms with Crippen LogP contribution in [0.5, 0.6) is 11.5 Å².